The minimum atomic E-state index is -0.831. The lowest BCUT2D eigenvalue weighted by molar-refractivity contribution is -0.137. The smallest absolute Gasteiger partial charge is 0.317 e. The van der Waals surface area contributed by atoms with Crippen LogP contribution in [0.5, 0.6) is 0 Å². The van der Waals surface area contributed by atoms with Crippen molar-refractivity contribution in [3.8, 4) is 0 Å². The Bertz CT molecular complexity index is 257. The van der Waals surface area contributed by atoms with Gasteiger partial charge in [-0.3, -0.25) is 4.79 Å². The number of carboxylic acid groups (broad SMARTS) is 1. The summed E-state index contributed by atoms with van der Waals surface area (Å²) in [5.41, 5.74) is 0. The van der Waals surface area contributed by atoms with E-state index in [4.69, 9.17) is 5.11 Å². The summed E-state index contributed by atoms with van der Waals surface area (Å²) < 4.78 is 0. The van der Waals surface area contributed by atoms with Crippen LogP contribution in [0, 0.1) is 0 Å². The fourth-order valence-corrected chi connectivity index (χ4v) is 1.53. The molecule has 6 nitrogen and oxygen atoms in total. The zero-order chi connectivity index (χ0) is 14.0. The SMILES string of the molecule is CCN(CCCN(C)C)C(=O)NCCCC(=O)O. The molecule has 0 spiro atoms. The maximum atomic E-state index is 11.7. The molecular formula is C12H25N3O3. The third-order valence-electron chi connectivity index (χ3n) is 2.55. The van der Waals surface area contributed by atoms with Crippen LogP contribution in [0.3, 0.4) is 0 Å². The highest BCUT2D eigenvalue weighted by atomic mass is 16.4. The number of amides is 2. The Morgan fingerprint density at radius 2 is 1.83 bits per heavy atom. The van der Waals surface area contributed by atoms with E-state index in [-0.39, 0.29) is 12.5 Å². The van der Waals surface area contributed by atoms with Crippen LogP contribution < -0.4 is 5.32 Å². The Morgan fingerprint density at radius 1 is 1.17 bits per heavy atom. The summed E-state index contributed by atoms with van der Waals surface area (Å²) in [5.74, 6) is -0.831. The van der Waals surface area contributed by atoms with Crippen LogP contribution in [0.15, 0.2) is 0 Å². The highest BCUT2D eigenvalue weighted by Gasteiger charge is 2.10. The van der Waals surface area contributed by atoms with Crippen molar-refractivity contribution in [1.29, 1.82) is 0 Å². The summed E-state index contributed by atoms with van der Waals surface area (Å²) in [6.45, 7) is 4.68. The van der Waals surface area contributed by atoms with Crippen molar-refractivity contribution in [1.82, 2.24) is 15.1 Å². The molecule has 6 heteroatoms. The van der Waals surface area contributed by atoms with Gasteiger partial charge in [-0.25, -0.2) is 4.79 Å². The van der Waals surface area contributed by atoms with Gasteiger partial charge in [0.1, 0.15) is 0 Å². The zero-order valence-electron chi connectivity index (χ0n) is 11.6. The lowest BCUT2D eigenvalue weighted by atomic mass is 10.3. The van der Waals surface area contributed by atoms with Gasteiger partial charge < -0.3 is 20.2 Å². The highest BCUT2D eigenvalue weighted by molar-refractivity contribution is 5.74. The number of aliphatic carboxylic acids is 1. The quantitative estimate of drug-likeness (QED) is 0.602. The molecule has 0 heterocycles. The molecule has 0 fully saturated rings. The molecule has 0 atom stereocenters. The topological polar surface area (TPSA) is 72.9 Å². The summed E-state index contributed by atoms with van der Waals surface area (Å²) in [7, 11) is 4.00. The van der Waals surface area contributed by atoms with Crippen LogP contribution in [-0.4, -0.2) is 67.2 Å². The van der Waals surface area contributed by atoms with Crippen LogP contribution in [0.1, 0.15) is 26.2 Å². The lowest BCUT2D eigenvalue weighted by Crippen LogP contribution is -2.41. The second kappa shape index (κ2) is 9.70. The van der Waals surface area contributed by atoms with E-state index >= 15 is 0 Å². The molecule has 0 aliphatic heterocycles. The average molecular weight is 259 g/mol. The van der Waals surface area contributed by atoms with Crippen molar-refractivity contribution in [3.63, 3.8) is 0 Å². The fourth-order valence-electron chi connectivity index (χ4n) is 1.53. The molecule has 0 saturated carbocycles. The minimum Gasteiger partial charge on any atom is -0.481 e. The molecule has 0 saturated heterocycles. The first-order chi connectivity index (χ1) is 8.47. The van der Waals surface area contributed by atoms with Gasteiger partial charge in [-0.1, -0.05) is 0 Å². The van der Waals surface area contributed by atoms with Crippen LogP contribution in [0.2, 0.25) is 0 Å². The van der Waals surface area contributed by atoms with E-state index in [2.05, 4.69) is 10.2 Å². The van der Waals surface area contributed by atoms with Crippen LogP contribution in [-0.2, 0) is 4.79 Å². The second-order valence-electron chi connectivity index (χ2n) is 4.47. The van der Waals surface area contributed by atoms with Crippen molar-refractivity contribution >= 4 is 12.0 Å². The van der Waals surface area contributed by atoms with Crippen LogP contribution in [0.25, 0.3) is 0 Å². The molecule has 2 N–H and O–H groups in total. The highest BCUT2D eigenvalue weighted by Crippen LogP contribution is 1.95. The summed E-state index contributed by atoms with van der Waals surface area (Å²) >= 11 is 0. The molecule has 2 amide bonds. The first-order valence-corrected chi connectivity index (χ1v) is 6.36. The fraction of sp³-hybridized carbons (Fsp3) is 0.833. The van der Waals surface area contributed by atoms with Crippen LogP contribution in [0.4, 0.5) is 4.79 Å². The number of carbonyl (C=O) groups excluding carboxylic acids is 1. The number of nitrogens with zero attached hydrogens (tertiary/aromatic N) is 2. The van der Waals surface area contributed by atoms with Gasteiger partial charge in [0.2, 0.25) is 0 Å². The largest absolute Gasteiger partial charge is 0.481 e. The second-order valence-corrected chi connectivity index (χ2v) is 4.47. The maximum absolute atomic E-state index is 11.7. The summed E-state index contributed by atoms with van der Waals surface area (Å²) in [5, 5.41) is 11.2. The maximum Gasteiger partial charge on any atom is 0.317 e. The standard InChI is InChI=1S/C12H25N3O3/c1-4-15(10-6-9-14(2)3)12(18)13-8-5-7-11(16)17/h4-10H2,1-3H3,(H,13,18)(H,16,17). The van der Waals surface area contributed by atoms with Gasteiger partial charge in [-0.15, -0.1) is 0 Å². The van der Waals surface area contributed by atoms with Gasteiger partial charge in [-0.2, -0.15) is 0 Å². The third kappa shape index (κ3) is 8.81. The molecule has 0 aromatic carbocycles. The van der Waals surface area contributed by atoms with E-state index in [1.165, 1.54) is 0 Å². The number of urea groups is 1. The predicted molar refractivity (Wildman–Crippen MR) is 70.7 cm³/mol. The number of carboxylic acids is 1. The average Bonchev–Trinajstić information content (AvgIpc) is 2.29. The predicted octanol–water partition coefficient (Wildman–Crippen LogP) is 0.834. The van der Waals surface area contributed by atoms with Gasteiger partial charge in [0.05, 0.1) is 0 Å². The number of hydrogen-bond acceptors (Lipinski definition) is 3. The summed E-state index contributed by atoms with van der Waals surface area (Å²) in [4.78, 5) is 25.9. The number of hydrogen-bond donors (Lipinski definition) is 2. The number of rotatable bonds is 9. The Balaban J connectivity index is 3.78. The van der Waals surface area contributed by atoms with Gasteiger partial charge in [0.25, 0.3) is 0 Å². The molecule has 0 aliphatic rings. The van der Waals surface area contributed by atoms with Gasteiger partial charge in [0.15, 0.2) is 0 Å². The number of carbonyl (C=O) groups is 2. The van der Waals surface area contributed by atoms with Crippen molar-refractivity contribution in [2.24, 2.45) is 0 Å². The Morgan fingerprint density at radius 3 is 2.33 bits per heavy atom. The van der Waals surface area contributed by atoms with E-state index < -0.39 is 5.97 Å². The molecule has 0 radical (unpaired) electrons. The Kier molecular flexibility index (Phi) is 9.00. The Labute approximate surface area is 109 Å². The summed E-state index contributed by atoms with van der Waals surface area (Å²) in [6.07, 6.45) is 1.49. The zero-order valence-corrected chi connectivity index (χ0v) is 11.6. The monoisotopic (exact) mass is 259 g/mol. The normalized spacial score (nSPS) is 10.4. The molecule has 0 aromatic rings. The molecule has 0 aromatic heterocycles. The Hall–Kier alpha value is -1.30. The van der Waals surface area contributed by atoms with E-state index in [1.807, 2.05) is 21.0 Å². The molecular weight excluding hydrogens is 234 g/mol. The van der Waals surface area contributed by atoms with Gasteiger partial charge in [0, 0.05) is 26.1 Å². The van der Waals surface area contributed by atoms with E-state index in [9.17, 15) is 9.59 Å². The molecule has 0 bridgehead atoms. The van der Waals surface area contributed by atoms with Crippen molar-refractivity contribution < 1.29 is 14.7 Å². The van der Waals surface area contributed by atoms with Gasteiger partial charge in [-0.05, 0) is 40.4 Å². The van der Waals surface area contributed by atoms with Crippen molar-refractivity contribution in [3.05, 3.63) is 0 Å². The molecule has 0 aliphatic carbocycles. The first kappa shape index (κ1) is 16.7. The lowest BCUT2D eigenvalue weighted by Gasteiger charge is -2.22. The molecule has 18 heavy (non-hydrogen) atoms. The molecule has 0 unspecified atom stereocenters. The van der Waals surface area contributed by atoms with Crippen molar-refractivity contribution in [2.45, 2.75) is 26.2 Å². The third-order valence-corrected chi connectivity index (χ3v) is 2.55. The van der Waals surface area contributed by atoms with E-state index in [1.54, 1.807) is 4.90 Å². The van der Waals surface area contributed by atoms with Crippen molar-refractivity contribution in [2.75, 3.05) is 40.3 Å². The van der Waals surface area contributed by atoms with Gasteiger partial charge >= 0.3 is 12.0 Å². The first-order valence-electron chi connectivity index (χ1n) is 6.36. The summed E-state index contributed by atoms with van der Waals surface area (Å²) in [6, 6.07) is -0.110. The van der Waals surface area contributed by atoms with Crippen LogP contribution >= 0.6 is 0 Å². The molecule has 0 rings (SSSR count). The van der Waals surface area contributed by atoms with E-state index in [0.29, 0.717) is 19.5 Å². The molecule has 106 valence electrons. The minimum absolute atomic E-state index is 0.0903. The van der Waals surface area contributed by atoms with E-state index in [0.717, 1.165) is 19.5 Å². The number of nitrogens with one attached hydrogen (secondary N) is 1.